The van der Waals surface area contributed by atoms with E-state index in [1.807, 2.05) is 18.2 Å². The van der Waals surface area contributed by atoms with E-state index in [2.05, 4.69) is 10.3 Å². The van der Waals surface area contributed by atoms with E-state index in [1.54, 1.807) is 25.2 Å². The summed E-state index contributed by atoms with van der Waals surface area (Å²) in [5, 5.41) is 12.7. The number of hydrogen-bond donors (Lipinski definition) is 2. The molecule has 0 aliphatic carbocycles. The zero-order valence-corrected chi connectivity index (χ0v) is 11.3. The predicted octanol–water partition coefficient (Wildman–Crippen LogP) is 2.85. The molecule has 2 N–H and O–H groups in total. The third-order valence-electron chi connectivity index (χ3n) is 2.68. The van der Waals surface area contributed by atoms with Gasteiger partial charge in [-0.05, 0) is 18.2 Å². The molecule has 0 spiro atoms. The zero-order valence-electron chi connectivity index (χ0n) is 10.6. The van der Waals surface area contributed by atoms with Crippen molar-refractivity contribution in [2.45, 2.75) is 13.2 Å². The van der Waals surface area contributed by atoms with Gasteiger partial charge in [0.2, 0.25) is 0 Å². The lowest BCUT2D eigenvalue weighted by Gasteiger charge is -2.11. The molecule has 0 fully saturated rings. The van der Waals surface area contributed by atoms with Crippen LogP contribution in [0.25, 0.3) is 0 Å². The molecule has 0 saturated carbocycles. The van der Waals surface area contributed by atoms with Crippen LogP contribution in [0.15, 0.2) is 36.4 Å². The second kappa shape index (κ2) is 6.41. The molecule has 0 radical (unpaired) electrons. The summed E-state index contributed by atoms with van der Waals surface area (Å²) in [5.74, 6) is 1.37. The van der Waals surface area contributed by atoms with Crippen molar-refractivity contribution in [1.29, 1.82) is 0 Å². The number of rotatable bonds is 5. The average Bonchev–Trinajstić information content (AvgIpc) is 2.46. The van der Waals surface area contributed by atoms with Gasteiger partial charge in [-0.15, -0.1) is 0 Å². The highest BCUT2D eigenvalue weighted by Gasteiger charge is 2.07. The van der Waals surface area contributed by atoms with Gasteiger partial charge in [-0.2, -0.15) is 0 Å². The Balaban J connectivity index is 2.14. The third kappa shape index (κ3) is 3.36. The van der Waals surface area contributed by atoms with E-state index in [1.165, 1.54) is 0 Å². The molecule has 0 saturated heterocycles. The monoisotopic (exact) mass is 278 g/mol. The molecule has 0 bridgehead atoms. The van der Waals surface area contributed by atoms with Gasteiger partial charge in [0.05, 0.1) is 17.3 Å². The first-order valence-corrected chi connectivity index (χ1v) is 6.27. The minimum Gasteiger partial charge on any atom is -0.487 e. The lowest BCUT2D eigenvalue weighted by atomic mass is 10.2. The maximum atomic E-state index is 9.22. The van der Waals surface area contributed by atoms with Gasteiger partial charge in [0.25, 0.3) is 0 Å². The molecule has 1 aromatic heterocycles. The molecule has 19 heavy (non-hydrogen) atoms. The molecular weight excluding hydrogens is 264 g/mol. The van der Waals surface area contributed by atoms with Crippen LogP contribution in [0.4, 0.5) is 5.82 Å². The van der Waals surface area contributed by atoms with E-state index in [0.717, 1.165) is 11.4 Å². The number of ether oxygens (including phenoxy) is 1. The van der Waals surface area contributed by atoms with Crippen molar-refractivity contribution in [1.82, 2.24) is 4.98 Å². The van der Waals surface area contributed by atoms with Crippen LogP contribution in [-0.4, -0.2) is 17.1 Å². The number of nitrogens with zero attached hydrogens (tertiary/aromatic N) is 1. The molecule has 0 atom stereocenters. The third-order valence-corrected chi connectivity index (χ3v) is 3.03. The Labute approximate surface area is 117 Å². The van der Waals surface area contributed by atoms with E-state index in [4.69, 9.17) is 16.3 Å². The van der Waals surface area contributed by atoms with Gasteiger partial charge in [0.15, 0.2) is 0 Å². The summed E-state index contributed by atoms with van der Waals surface area (Å²) >= 11 is 6.07. The van der Waals surface area contributed by atoms with Crippen molar-refractivity contribution >= 4 is 17.4 Å². The Morgan fingerprint density at radius 3 is 2.79 bits per heavy atom. The molecule has 0 aliphatic rings. The second-order valence-corrected chi connectivity index (χ2v) is 4.34. The predicted molar refractivity (Wildman–Crippen MR) is 75.5 cm³/mol. The number of aliphatic hydroxyl groups excluding tert-OH is 1. The molecule has 0 unspecified atom stereocenters. The van der Waals surface area contributed by atoms with Gasteiger partial charge in [0.1, 0.15) is 18.2 Å². The maximum Gasteiger partial charge on any atom is 0.132 e. The molecule has 100 valence electrons. The second-order valence-electron chi connectivity index (χ2n) is 3.93. The normalized spacial score (nSPS) is 10.3. The smallest absolute Gasteiger partial charge is 0.132 e. The summed E-state index contributed by atoms with van der Waals surface area (Å²) in [6.07, 6.45) is 0. The summed E-state index contributed by atoms with van der Waals surface area (Å²) in [5.41, 5.74) is 1.39. The summed E-state index contributed by atoms with van der Waals surface area (Å²) in [6, 6.07) is 10.9. The fourth-order valence-corrected chi connectivity index (χ4v) is 1.81. The Kier molecular flexibility index (Phi) is 4.60. The first-order chi connectivity index (χ1) is 9.24. The first-order valence-electron chi connectivity index (χ1n) is 5.89. The lowest BCUT2D eigenvalue weighted by molar-refractivity contribution is 0.257. The minimum atomic E-state index is -0.0616. The van der Waals surface area contributed by atoms with Gasteiger partial charge in [0, 0.05) is 12.6 Å². The fraction of sp³-hybridized carbons (Fsp3) is 0.214. The quantitative estimate of drug-likeness (QED) is 0.883. The summed E-state index contributed by atoms with van der Waals surface area (Å²) in [6.45, 7) is 0.194. The molecule has 1 aromatic carbocycles. The van der Waals surface area contributed by atoms with Crippen molar-refractivity contribution in [3.63, 3.8) is 0 Å². The standard InChI is InChI=1S/C14H15ClN2O2/c1-16-14-7-6-11(15)12(17-14)9-19-13-5-3-2-4-10(13)8-18/h2-7,18H,8-9H2,1H3,(H,16,17). The fourth-order valence-electron chi connectivity index (χ4n) is 1.65. The van der Waals surface area contributed by atoms with Crippen LogP contribution < -0.4 is 10.1 Å². The number of pyridine rings is 1. The molecule has 0 amide bonds. The number of aromatic nitrogens is 1. The molecule has 5 heteroatoms. The van der Waals surface area contributed by atoms with Crippen LogP contribution in [0.2, 0.25) is 5.02 Å². The van der Waals surface area contributed by atoms with Crippen molar-refractivity contribution < 1.29 is 9.84 Å². The highest BCUT2D eigenvalue weighted by atomic mass is 35.5. The van der Waals surface area contributed by atoms with E-state index in [9.17, 15) is 5.11 Å². The zero-order chi connectivity index (χ0) is 13.7. The van der Waals surface area contributed by atoms with Gasteiger partial charge in [-0.25, -0.2) is 4.98 Å². The SMILES string of the molecule is CNc1ccc(Cl)c(COc2ccccc2CO)n1. The van der Waals surface area contributed by atoms with Crippen LogP contribution in [0, 0.1) is 0 Å². The summed E-state index contributed by atoms with van der Waals surface area (Å²) in [7, 11) is 1.79. The van der Waals surface area contributed by atoms with E-state index in [-0.39, 0.29) is 13.2 Å². The number of hydrogen-bond acceptors (Lipinski definition) is 4. The molecule has 1 heterocycles. The molecule has 4 nitrogen and oxygen atoms in total. The number of nitrogens with one attached hydrogen (secondary N) is 1. The molecule has 2 rings (SSSR count). The lowest BCUT2D eigenvalue weighted by Crippen LogP contribution is -2.03. The van der Waals surface area contributed by atoms with Gasteiger partial charge in [-0.3, -0.25) is 0 Å². The number of para-hydroxylation sites is 1. The number of halogens is 1. The van der Waals surface area contributed by atoms with Gasteiger partial charge >= 0.3 is 0 Å². The van der Waals surface area contributed by atoms with Crippen LogP contribution in [0.3, 0.4) is 0 Å². The molecule has 2 aromatic rings. The van der Waals surface area contributed by atoms with Crippen molar-refractivity contribution in [3.8, 4) is 5.75 Å². The largest absolute Gasteiger partial charge is 0.487 e. The Bertz CT molecular complexity index is 561. The van der Waals surface area contributed by atoms with Crippen molar-refractivity contribution in [3.05, 3.63) is 52.7 Å². The van der Waals surface area contributed by atoms with Crippen LogP contribution in [0.5, 0.6) is 5.75 Å². The van der Waals surface area contributed by atoms with Crippen LogP contribution in [0.1, 0.15) is 11.3 Å². The van der Waals surface area contributed by atoms with Gasteiger partial charge in [-0.1, -0.05) is 29.8 Å². The van der Waals surface area contributed by atoms with E-state index >= 15 is 0 Å². The van der Waals surface area contributed by atoms with E-state index in [0.29, 0.717) is 16.5 Å². The van der Waals surface area contributed by atoms with Crippen LogP contribution >= 0.6 is 11.6 Å². The minimum absolute atomic E-state index is 0.0616. The maximum absolute atomic E-state index is 9.22. The summed E-state index contributed by atoms with van der Waals surface area (Å²) in [4.78, 5) is 4.33. The van der Waals surface area contributed by atoms with E-state index < -0.39 is 0 Å². The Morgan fingerprint density at radius 2 is 2.05 bits per heavy atom. The van der Waals surface area contributed by atoms with Gasteiger partial charge < -0.3 is 15.2 Å². The van der Waals surface area contributed by atoms with Crippen LogP contribution in [-0.2, 0) is 13.2 Å². The Morgan fingerprint density at radius 1 is 1.26 bits per heavy atom. The first kappa shape index (κ1) is 13.6. The average molecular weight is 279 g/mol. The Hall–Kier alpha value is -1.78. The number of aliphatic hydroxyl groups is 1. The van der Waals surface area contributed by atoms with Crippen molar-refractivity contribution in [2.75, 3.05) is 12.4 Å². The molecule has 0 aliphatic heterocycles. The highest BCUT2D eigenvalue weighted by Crippen LogP contribution is 2.22. The highest BCUT2D eigenvalue weighted by molar-refractivity contribution is 6.31. The van der Waals surface area contributed by atoms with Crippen molar-refractivity contribution in [2.24, 2.45) is 0 Å². The number of benzene rings is 1. The summed E-state index contributed by atoms with van der Waals surface area (Å²) < 4.78 is 5.66. The number of anilines is 1. The topological polar surface area (TPSA) is 54.4 Å². The molecular formula is C14H15ClN2O2.